The van der Waals surface area contributed by atoms with E-state index >= 15 is 0 Å². The van der Waals surface area contributed by atoms with Crippen LogP contribution in [0.4, 0.5) is 5.82 Å². The van der Waals surface area contributed by atoms with Crippen molar-refractivity contribution in [3.05, 3.63) is 117 Å². The SMILES string of the molecule is Cc1sc2c(c1C)C(c1ccc(OC3CC4(CCN(c5ccc(C(=O)N[C@H]6CC[C@H](Oc7ccc(C#N)c(Cl)c7)CC6)nn5)CC4)C3)cn1)=N[C@@H](Cc1ncco1)c1nnc(C)n1-2. The van der Waals surface area contributed by atoms with Crippen molar-refractivity contribution in [3.63, 3.8) is 0 Å². The van der Waals surface area contributed by atoms with Gasteiger partial charge < -0.3 is 24.1 Å². The highest BCUT2D eigenvalue weighted by Gasteiger charge is 2.47. The van der Waals surface area contributed by atoms with Crippen LogP contribution in [0.5, 0.6) is 11.5 Å². The molecule has 10 rings (SSSR count). The summed E-state index contributed by atoms with van der Waals surface area (Å²) >= 11 is 7.88. The summed E-state index contributed by atoms with van der Waals surface area (Å²) in [5, 5.41) is 31.5. The first kappa shape index (κ1) is 40.9. The molecule has 2 aliphatic heterocycles. The van der Waals surface area contributed by atoms with Crippen LogP contribution in [0.25, 0.3) is 5.00 Å². The van der Waals surface area contributed by atoms with Gasteiger partial charge in [-0.2, -0.15) is 5.26 Å². The number of nitrogens with one attached hydrogen (secondary N) is 1. The van der Waals surface area contributed by atoms with Gasteiger partial charge in [-0.25, -0.2) is 4.98 Å². The van der Waals surface area contributed by atoms with Crippen LogP contribution in [0.1, 0.15) is 113 Å². The van der Waals surface area contributed by atoms with Crippen LogP contribution in [-0.2, 0) is 6.42 Å². The number of amides is 1. The third-order valence-corrected chi connectivity index (χ3v) is 14.6. The molecule has 17 heteroatoms. The molecule has 0 radical (unpaired) electrons. The summed E-state index contributed by atoms with van der Waals surface area (Å²) in [7, 11) is 0. The van der Waals surface area contributed by atoms with Gasteiger partial charge in [-0.05, 0) is 120 Å². The van der Waals surface area contributed by atoms with E-state index in [1.807, 2.05) is 31.3 Å². The van der Waals surface area contributed by atoms with Gasteiger partial charge in [0, 0.05) is 35.6 Å². The fourth-order valence-electron chi connectivity index (χ4n) is 9.46. The molecule has 2 saturated carbocycles. The van der Waals surface area contributed by atoms with Crippen LogP contribution in [0.15, 0.2) is 70.5 Å². The van der Waals surface area contributed by atoms with Gasteiger partial charge in [0.05, 0.1) is 53.0 Å². The molecule has 2 aliphatic carbocycles. The summed E-state index contributed by atoms with van der Waals surface area (Å²) < 4.78 is 20.3. The summed E-state index contributed by atoms with van der Waals surface area (Å²) in [6, 6.07) is 14.5. The maximum Gasteiger partial charge on any atom is 0.272 e. The second kappa shape index (κ2) is 16.8. The van der Waals surface area contributed by atoms with Gasteiger partial charge in [-0.15, -0.1) is 31.7 Å². The Morgan fingerprint density at radius 3 is 2.46 bits per heavy atom. The number of carbonyl (C=O) groups excluding carboxylic acids is 1. The molecule has 4 aliphatic rings. The zero-order chi connectivity index (χ0) is 43.2. The topological polar surface area (TPSA) is 182 Å². The highest BCUT2D eigenvalue weighted by atomic mass is 35.5. The number of thiophene rings is 1. The summed E-state index contributed by atoms with van der Waals surface area (Å²) in [4.78, 5) is 31.2. The van der Waals surface area contributed by atoms with E-state index in [-0.39, 0.29) is 35.6 Å². The van der Waals surface area contributed by atoms with Gasteiger partial charge in [0.25, 0.3) is 5.91 Å². The molecule has 6 aromatic rings. The molecule has 1 amide bonds. The number of anilines is 1. The van der Waals surface area contributed by atoms with Crippen LogP contribution in [-0.4, -0.2) is 77.9 Å². The Kier molecular flexibility index (Phi) is 10.9. The number of nitrogens with zero attached hydrogens (tertiary/aromatic N) is 10. The molecule has 1 atom stereocenters. The number of aryl methyl sites for hydroxylation is 2. The maximum atomic E-state index is 13.1. The molecule has 3 fully saturated rings. The predicted octanol–water partition coefficient (Wildman–Crippen LogP) is 8.03. The fourth-order valence-corrected chi connectivity index (χ4v) is 10.9. The van der Waals surface area contributed by atoms with Crippen molar-refractivity contribution in [2.45, 2.75) is 103 Å². The zero-order valence-electron chi connectivity index (χ0n) is 35.3. The number of rotatable bonds is 10. The normalized spacial score (nSPS) is 20.5. The Morgan fingerprint density at radius 2 is 1.76 bits per heavy atom. The standard InChI is InChI=1S/C46H46ClN11O4S/c1-26-27(2)63-45-41(26)42(52-38(21-40-49-16-19-60-40)43-56-53-28(3)58(43)45)36-11-10-33(25-50-36)62-34-22-46(23-34)14-17-57(18-15-46)39-13-12-37(54-55-39)44(59)51-30-5-8-31(9-6-30)61-32-7-4-29(24-48)35(47)20-32/h4,7,10-13,16,19-20,25,30-31,34,38H,5-6,8-9,14-15,17-18,21-23H2,1-3H3,(H,51,59)/t30-,31-,38-/m0/s1. The summed E-state index contributed by atoms with van der Waals surface area (Å²) in [5.74, 6) is 4.12. The van der Waals surface area contributed by atoms with Gasteiger partial charge in [-0.3, -0.25) is 19.3 Å². The minimum Gasteiger partial charge on any atom is -0.490 e. The number of aromatic nitrogens is 7. The van der Waals surface area contributed by atoms with Crippen molar-refractivity contribution >= 4 is 40.4 Å². The Morgan fingerprint density at radius 1 is 0.968 bits per heavy atom. The van der Waals surface area contributed by atoms with Gasteiger partial charge in [0.2, 0.25) is 0 Å². The Hall–Kier alpha value is -6.18. The average Bonchev–Trinajstić information content (AvgIpc) is 3.99. The smallest absolute Gasteiger partial charge is 0.272 e. The highest BCUT2D eigenvalue weighted by Crippen LogP contribution is 2.51. The molecule has 1 saturated heterocycles. The molecule has 0 bridgehead atoms. The first-order chi connectivity index (χ1) is 30.6. The van der Waals surface area contributed by atoms with Gasteiger partial charge >= 0.3 is 0 Å². The van der Waals surface area contributed by atoms with Crippen LogP contribution in [0.2, 0.25) is 5.02 Å². The molecule has 5 aromatic heterocycles. The quantitative estimate of drug-likeness (QED) is 0.140. The van der Waals surface area contributed by atoms with E-state index in [2.05, 4.69) is 60.1 Å². The van der Waals surface area contributed by atoms with Crippen molar-refractivity contribution in [3.8, 4) is 22.6 Å². The lowest BCUT2D eigenvalue weighted by Crippen LogP contribution is -2.51. The Bertz CT molecular complexity index is 2700. The number of hydrogen-bond donors (Lipinski definition) is 1. The van der Waals surface area contributed by atoms with Crippen LogP contribution >= 0.6 is 22.9 Å². The number of aliphatic imine (C=N–C) groups is 1. The molecule has 7 heterocycles. The zero-order valence-corrected chi connectivity index (χ0v) is 36.8. The first-order valence-corrected chi connectivity index (χ1v) is 22.7. The van der Waals surface area contributed by atoms with E-state index in [1.165, 1.54) is 4.88 Å². The maximum absolute atomic E-state index is 13.1. The highest BCUT2D eigenvalue weighted by molar-refractivity contribution is 7.15. The molecule has 0 unspecified atom stereocenters. The number of benzene rings is 1. The first-order valence-electron chi connectivity index (χ1n) is 21.5. The van der Waals surface area contributed by atoms with Gasteiger partial charge in [0.1, 0.15) is 40.7 Å². The van der Waals surface area contributed by atoms with Crippen molar-refractivity contribution < 1.29 is 18.7 Å². The number of piperidine rings is 1. The number of halogens is 1. The van der Waals surface area contributed by atoms with E-state index in [4.69, 9.17) is 40.7 Å². The van der Waals surface area contributed by atoms with Crippen LogP contribution in [0.3, 0.4) is 0 Å². The van der Waals surface area contributed by atoms with Gasteiger partial charge in [-0.1, -0.05) is 11.6 Å². The van der Waals surface area contributed by atoms with Gasteiger partial charge in [0.15, 0.2) is 23.2 Å². The Balaban J connectivity index is 0.712. The third-order valence-electron chi connectivity index (χ3n) is 13.1. The third kappa shape index (κ3) is 8.15. The molecular weight excluding hydrogens is 838 g/mol. The molecule has 1 aromatic carbocycles. The summed E-state index contributed by atoms with van der Waals surface area (Å²) in [5.41, 5.74) is 4.77. The molecule has 15 nitrogen and oxygen atoms in total. The van der Waals surface area contributed by atoms with Crippen molar-refractivity contribution in [1.29, 1.82) is 5.26 Å². The number of hydrogen-bond acceptors (Lipinski definition) is 14. The monoisotopic (exact) mass is 883 g/mol. The second-order valence-electron chi connectivity index (χ2n) is 17.1. The van der Waals surface area contributed by atoms with E-state index in [0.29, 0.717) is 34.3 Å². The van der Waals surface area contributed by atoms with E-state index in [1.54, 1.807) is 48.1 Å². The van der Waals surface area contributed by atoms with Crippen molar-refractivity contribution in [2.75, 3.05) is 18.0 Å². The van der Waals surface area contributed by atoms with E-state index < -0.39 is 0 Å². The molecule has 1 spiro atoms. The van der Waals surface area contributed by atoms with Crippen molar-refractivity contribution in [1.82, 2.24) is 40.2 Å². The largest absolute Gasteiger partial charge is 0.490 e. The lowest BCUT2D eigenvalue weighted by Gasteiger charge is -2.51. The fraction of sp³-hybridized carbons (Fsp3) is 0.413. The number of carbonyl (C=O) groups is 1. The summed E-state index contributed by atoms with van der Waals surface area (Å²) in [6.45, 7) is 7.99. The average molecular weight is 884 g/mol. The minimum absolute atomic E-state index is 0.0267. The second-order valence-corrected chi connectivity index (χ2v) is 18.7. The number of oxazole rings is 1. The molecular formula is C46H46ClN11O4S. The van der Waals surface area contributed by atoms with E-state index in [9.17, 15) is 4.79 Å². The Labute approximate surface area is 373 Å². The number of fused-ring (bicyclic) bond motifs is 3. The van der Waals surface area contributed by atoms with Crippen LogP contribution in [0, 0.1) is 37.5 Å². The van der Waals surface area contributed by atoms with Crippen LogP contribution < -0.4 is 19.7 Å². The van der Waals surface area contributed by atoms with Crippen molar-refractivity contribution in [2.24, 2.45) is 10.4 Å². The summed E-state index contributed by atoms with van der Waals surface area (Å²) in [6.07, 6.45) is 12.9. The lowest BCUT2D eigenvalue weighted by atomic mass is 9.61. The number of ether oxygens (including phenoxy) is 2. The molecule has 63 heavy (non-hydrogen) atoms. The molecule has 1 N–H and O–H groups in total. The minimum atomic E-state index is -0.361. The predicted molar refractivity (Wildman–Crippen MR) is 236 cm³/mol. The molecule has 322 valence electrons. The number of nitriles is 1. The van der Waals surface area contributed by atoms with E-state index in [0.717, 1.165) is 115 Å². The lowest BCUT2D eigenvalue weighted by molar-refractivity contribution is -0.0312. The number of pyridine rings is 1.